The number of piperidine rings is 1. The van der Waals surface area contributed by atoms with Gasteiger partial charge in [0.05, 0.1) is 0 Å². The summed E-state index contributed by atoms with van der Waals surface area (Å²) < 4.78 is 0. The molecule has 1 aromatic heterocycles. The standard InChI is InChI=1S/C23H28N4O2/c1-17-8-14-27(15-9-17)20-4-2-19(3-5-20)26-22(29)23(10-11-23)21(28)25-16-18-6-12-24-13-7-18/h2-7,12-13,17H,8-11,14-16H2,1H3,(H,25,28)(H,26,29). The predicted molar refractivity (Wildman–Crippen MR) is 113 cm³/mol. The molecule has 0 radical (unpaired) electrons. The summed E-state index contributed by atoms with van der Waals surface area (Å²) in [4.78, 5) is 31.8. The Morgan fingerprint density at radius 1 is 1.03 bits per heavy atom. The van der Waals surface area contributed by atoms with Crippen molar-refractivity contribution in [3.05, 3.63) is 54.4 Å². The number of amides is 2. The van der Waals surface area contributed by atoms with Crippen LogP contribution in [-0.4, -0.2) is 29.9 Å². The van der Waals surface area contributed by atoms with Gasteiger partial charge < -0.3 is 15.5 Å². The first-order valence-corrected chi connectivity index (χ1v) is 10.4. The highest BCUT2D eigenvalue weighted by atomic mass is 16.2. The van der Waals surface area contributed by atoms with Crippen LogP contribution in [0.3, 0.4) is 0 Å². The van der Waals surface area contributed by atoms with Crippen molar-refractivity contribution in [2.75, 3.05) is 23.3 Å². The van der Waals surface area contributed by atoms with Crippen LogP contribution in [0, 0.1) is 11.3 Å². The number of carbonyl (C=O) groups excluding carboxylic acids is 2. The molecule has 6 heteroatoms. The molecule has 2 aliphatic rings. The van der Waals surface area contributed by atoms with E-state index in [0.717, 1.165) is 30.3 Å². The third kappa shape index (κ3) is 4.42. The van der Waals surface area contributed by atoms with E-state index in [9.17, 15) is 9.59 Å². The van der Waals surface area contributed by atoms with Crippen LogP contribution in [-0.2, 0) is 16.1 Å². The van der Waals surface area contributed by atoms with Crippen LogP contribution in [0.2, 0.25) is 0 Å². The molecule has 1 saturated carbocycles. The highest BCUT2D eigenvalue weighted by molar-refractivity contribution is 6.13. The van der Waals surface area contributed by atoms with Crippen molar-refractivity contribution < 1.29 is 9.59 Å². The molecule has 2 aromatic rings. The Bertz CT molecular complexity index is 854. The van der Waals surface area contributed by atoms with E-state index in [-0.39, 0.29) is 11.8 Å². The van der Waals surface area contributed by atoms with Crippen molar-refractivity contribution in [3.8, 4) is 0 Å². The normalized spacial score (nSPS) is 18.2. The van der Waals surface area contributed by atoms with Gasteiger partial charge in [-0.15, -0.1) is 0 Å². The molecule has 2 heterocycles. The van der Waals surface area contributed by atoms with Gasteiger partial charge >= 0.3 is 0 Å². The molecular formula is C23H28N4O2. The molecule has 4 rings (SSSR count). The SMILES string of the molecule is CC1CCN(c2ccc(NC(=O)C3(C(=O)NCc4ccncc4)CC3)cc2)CC1. The average Bonchev–Trinajstić information content (AvgIpc) is 3.56. The fraction of sp³-hybridized carbons (Fsp3) is 0.435. The van der Waals surface area contributed by atoms with Crippen molar-refractivity contribution in [2.45, 2.75) is 39.2 Å². The largest absolute Gasteiger partial charge is 0.372 e. The second kappa shape index (κ2) is 8.23. The van der Waals surface area contributed by atoms with Crippen LogP contribution in [0.5, 0.6) is 0 Å². The van der Waals surface area contributed by atoms with E-state index in [2.05, 4.69) is 39.6 Å². The Kier molecular flexibility index (Phi) is 5.51. The molecule has 6 nitrogen and oxygen atoms in total. The number of carbonyl (C=O) groups is 2. The Hall–Kier alpha value is -2.89. The number of hydrogen-bond donors (Lipinski definition) is 2. The minimum Gasteiger partial charge on any atom is -0.372 e. The summed E-state index contributed by atoms with van der Waals surface area (Å²) in [6.07, 6.45) is 6.99. The summed E-state index contributed by atoms with van der Waals surface area (Å²) >= 11 is 0. The van der Waals surface area contributed by atoms with Crippen molar-refractivity contribution >= 4 is 23.2 Å². The predicted octanol–water partition coefficient (Wildman–Crippen LogP) is 3.35. The van der Waals surface area contributed by atoms with Crippen molar-refractivity contribution in [1.29, 1.82) is 0 Å². The van der Waals surface area contributed by atoms with Crippen LogP contribution in [0.4, 0.5) is 11.4 Å². The van der Waals surface area contributed by atoms with Gasteiger partial charge in [-0.05, 0) is 73.6 Å². The zero-order valence-corrected chi connectivity index (χ0v) is 16.9. The molecule has 152 valence electrons. The third-order valence-corrected chi connectivity index (χ3v) is 6.10. The summed E-state index contributed by atoms with van der Waals surface area (Å²) in [5.41, 5.74) is 1.95. The van der Waals surface area contributed by atoms with E-state index < -0.39 is 5.41 Å². The maximum atomic E-state index is 12.8. The topological polar surface area (TPSA) is 74.3 Å². The van der Waals surface area contributed by atoms with Crippen molar-refractivity contribution in [1.82, 2.24) is 10.3 Å². The van der Waals surface area contributed by atoms with Gasteiger partial charge in [-0.1, -0.05) is 6.92 Å². The highest BCUT2D eigenvalue weighted by Gasteiger charge is 2.56. The monoisotopic (exact) mass is 392 g/mol. The van der Waals surface area contributed by atoms with E-state index >= 15 is 0 Å². The zero-order valence-electron chi connectivity index (χ0n) is 16.9. The summed E-state index contributed by atoms with van der Waals surface area (Å²) in [6, 6.07) is 11.7. The number of benzene rings is 1. The summed E-state index contributed by atoms with van der Waals surface area (Å²) in [5, 5.41) is 5.82. The molecule has 2 amide bonds. The highest BCUT2D eigenvalue weighted by Crippen LogP contribution is 2.47. The van der Waals surface area contributed by atoms with Crippen LogP contribution < -0.4 is 15.5 Å². The number of nitrogens with one attached hydrogen (secondary N) is 2. The van der Waals surface area contributed by atoms with Gasteiger partial charge in [-0.25, -0.2) is 0 Å². The van der Waals surface area contributed by atoms with Gasteiger partial charge in [0.1, 0.15) is 5.41 Å². The lowest BCUT2D eigenvalue weighted by Crippen LogP contribution is -2.39. The lowest BCUT2D eigenvalue weighted by molar-refractivity contribution is -0.134. The number of hydrogen-bond acceptors (Lipinski definition) is 4. The molecule has 2 N–H and O–H groups in total. The first kappa shape index (κ1) is 19.4. The molecule has 0 atom stereocenters. The van der Waals surface area contributed by atoms with Gasteiger partial charge in [0, 0.05) is 43.4 Å². The number of nitrogens with zero attached hydrogens (tertiary/aromatic N) is 2. The average molecular weight is 393 g/mol. The molecule has 1 aliphatic carbocycles. The van der Waals surface area contributed by atoms with Crippen LogP contribution in [0.15, 0.2) is 48.8 Å². The first-order chi connectivity index (χ1) is 14.1. The summed E-state index contributed by atoms with van der Waals surface area (Å²) in [5.74, 6) is 0.374. The fourth-order valence-electron chi connectivity index (χ4n) is 3.81. The molecule has 2 fully saturated rings. The van der Waals surface area contributed by atoms with Gasteiger partial charge in [-0.3, -0.25) is 14.6 Å². The maximum absolute atomic E-state index is 12.8. The quantitative estimate of drug-likeness (QED) is 0.740. The fourth-order valence-corrected chi connectivity index (χ4v) is 3.81. The van der Waals surface area contributed by atoms with Crippen LogP contribution in [0.25, 0.3) is 0 Å². The number of anilines is 2. The number of rotatable bonds is 6. The second-order valence-corrected chi connectivity index (χ2v) is 8.29. The molecule has 1 aromatic carbocycles. The van der Waals surface area contributed by atoms with Gasteiger partial charge in [0.15, 0.2) is 0 Å². The first-order valence-electron chi connectivity index (χ1n) is 10.4. The Morgan fingerprint density at radius 2 is 1.69 bits per heavy atom. The summed E-state index contributed by atoms with van der Waals surface area (Å²) in [7, 11) is 0. The number of aromatic nitrogens is 1. The molecule has 0 unspecified atom stereocenters. The molecule has 29 heavy (non-hydrogen) atoms. The minimum atomic E-state index is -0.936. The second-order valence-electron chi connectivity index (χ2n) is 8.29. The lowest BCUT2D eigenvalue weighted by Gasteiger charge is -2.32. The van der Waals surface area contributed by atoms with Crippen LogP contribution in [0.1, 0.15) is 38.2 Å². The molecule has 0 bridgehead atoms. The van der Waals surface area contributed by atoms with Gasteiger partial charge in [-0.2, -0.15) is 0 Å². The van der Waals surface area contributed by atoms with Crippen molar-refractivity contribution in [3.63, 3.8) is 0 Å². The maximum Gasteiger partial charge on any atom is 0.240 e. The minimum absolute atomic E-state index is 0.203. The zero-order chi connectivity index (χ0) is 20.3. The van der Waals surface area contributed by atoms with E-state index in [1.165, 1.54) is 18.5 Å². The summed E-state index contributed by atoms with van der Waals surface area (Å²) in [6.45, 7) is 4.86. The van der Waals surface area contributed by atoms with Crippen LogP contribution >= 0.6 is 0 Å². The van der Waals surface area contributed by atoms with Gasteiger partial charge in [0.25, 0.3) is 0 Å². The van der Waals surface area contributed by atoms with E-state index in [1.54, 1.807) is 12.4 Å². The van der Waals surface area contributed by atoms with Gasteiger partial charge in [0.2, 0.25) is 11.8 Å². The number of pyridine rings is 1. The third-order valence-electron chi connectivity index (χ3n) is 6.10. The Balaban J connectivity index is 1.33. The van der Waals surface area contributed by atoms with Crippen molar-refractivity contribution in [2.24, 2.45) is 11.3 Å². The molecular weight excluding hydrogens is 364 g/mol. The Labute approximate surface area is 171 Å². The lowest BCUT2D eigenvalue weighted by atomic mass is 9.99. The molecule has 1 aliphatic heterocycles. The smallest absolute Gasteiger partial charge is 0.240 e. The Morgan fingerprint density at radius 3 is 2.31 bits per heavy atom. The van der Waals surface area contributed by atoms with E-state index in [1.807, 2.05) is 24.3 Å². The van der Waals surface area contributed by atoms with E-state index in [4.69, 9.17) is 0 Å². The molecule has 1 saturated heterocycles. The van der Waals surface area contributed by atoms with E-state index in [0.29, 0.717) is 19.4 Å². The molecule has 0 spiro atoms.